The van der Waals surface area contributed by atoms with Crippen molar-refractivity contribution in [3.05, 3.63) is 29.7 Å². The van der Waals surface area contributed by atoms with Crippen LogP contribution in [0.5, 0.6) is 0 Å². The van der Waals surface area contributed by atoms with Gasteiger partial charge in [-0.1, -0.05) is 13.8 Å². The molecule has 21 heavy (non-hydrogen) atoms. The zero-order chi connectivity index (χ0) is 15.3. The molecule has 0 aliphatic rings. The molecule has 0 aliphatic carbocycles. The molecule has 114 valence electrons. The number of nitrogens with one attached hydrogen (secondary N) is 1. The fourth-order valence-electron chi connectivity index (χ4n) is 2.26. The largest absolute Gasteiger partial charge is 0.472 e. The van der Waals surface area contributed by atoms with Crippen molar-refractivity contribution >= 4 is 17.2 Å². The van der Waals surface area contributed by atoms with Crippen LogP contribution in [-0.2, 0) is 0 Å². The van der Waals surface area contributed by atoms with Crippen LogP contribution in [0.1, 0.15) is 43.6 Å². The number of furan rings is 1. The van der Waals surface area contributed by atoms with E-state index in [4.69, 9.17) is 4.42 Å². The van der Waals surface area contributed by atoms with Crippen molar-refractivity contribution in [2.24, 2.45) is 0 Å². The highest BCUT2D eigenvalue weighted by atomic mass is 32.1. The Morgan fingerprint density at radius 1 is 1.48 bits per heavy atom. The highest BCUT2D eigenvalue weighted by molar-refractivity contribution is 7.13. The molecule has 0 unspecified atom stereocenters. The van der Waals surface area contributed by atoms with Gasteiger partial charge in [0.1, 0.15) is 17.0 Å². The van der Waals surface area contributed by atoms with E-state index in [0.29, 0.717) is 12.1 Å². The molecule has 2 heterocycles. The van der Waals surface area contributed by atoms with E-state index in [1.54, 1.807) is 17.9 Å². The quantitative estimate of drug-likeness (QED) is 0.824. The average molecular weight is 308 g/mol. The number of carbonyl (C=O) groups excluding carboxylic acids is 1. The SMILES string of the molecule is CCC(CC)(CCO)NC(=O)c1csc(-c2ccoc2)n1. The van der Waals surface area contributed by atoms with Gasteiger partial charge in [0.15, 0.2) is 0 Å². The molecule has 6 heteroatoms. The molecule has 0 aliphatic heterocycles. The van der Waals surface area contributed by atoms with E-state index in [0.717, 1.165) is 23.4 Å². The lowest BCUT2D eigenvalue weighted by atomic mass is 9.89. The molecule has 0 spiro atoms. The van der Waals surface area contributed by atoms with Gasteiger partial charge < -0.3 is 14.8 Å². The minimum Gasteiger partial charge on any atom is -0.472 e. The van der Waals surface area contributed by atoms with Crippen molar-refractivity contribution in [3.63, 3.8) is 0 Å². The highest BCUT2D eigenvalue weighted by Gasteiger charge is 2.28. The van der Waals surface area contributed by atoms with Gasteiger partial charge in [0.25, 0.3) is 5.91 Å². The summed E-state index contributed by atoms with van der Waals surface area (Å²) in [6, 6.07) is 1.81. The van der Waals surface area contributed by atoms with E-state index >= 15 is 0 Å². The van der Waals surface area contributed by atoms with Crippen molar-refractivity contribution in [3.8, 4) is 10.6 Å². The van der Waals surface area contributed by atoms with E-state index in [9.17, 15) is 9.90 Å². The maximum Gasteiger partial charge on any atom is 0.271 e. The van der Waals surface area contributed by atoms with Crippen LogP contribution in [0.4, 0.5) is 0 Å². The molecule has 5 nitrogen and oxygen atoms in total. The summed E-state index contributed by atoms with van der Waals surface area (Å²) < 4.78 is 5.02. The standard InChI is InChI=1S/C15H20N2O3S/c1-3-15(4-2,6-7-18)17-13(19)12-10-21-14(16-12)11-5-8-20-9-11/h5,8-10,18H,3-4,6-7H2,1-2H3,(H,17,19). The minimum absolute atomic E-state index is 0.0549. The lowest BCUT2D eigenvalue weighted by Crippen LogP contribution is -2.48. The molecule has 1 amide bonds. The number of nitrogens with zero attached hydrogens (tertiary/aromatic N) is 1. The van der Waals surface area contributed by atoms with E-state index < -0.39 is 0 Å². The Hall–Kier alpha value is -1.66. The van der Waals surface area contributed by atoms with Gasteiger partial charge in [0.05, 0.1) is 6.26 Å². The molecule has 0 aromatic carbocycles. The summed E-state index contributed by atoms with van der Waals surface area (Å²) in [5.41, 5.74) is 0.901. The molecular formula is C15H20N2O3S. The Morgan fingerprint density at radius 3 is 2.81 bits per heavy atom. The number of aromatic nitrogens is 1. The van der Waals surface area contributed by atoms with Gasteiger partial charge in [-0.3, -0.25) is 4.79 Å². The number of aliphatic hydroxyl groups is 1. The summed E-state index contributed by atoms with van der Waals surface area (Å²) in [5.74, 6) is -0.196. The molecular weight excluding hydrogens is 288 g/mol. The molecule has 0 fully saturated rings. The molecule has 2 rings (SSSR count). The van der Waals surface area contributed by atoms with Crippen LogP contribution in [-0.4, -0.2) is 28.1 Å². The molecule has 0 bridgehead atoms. The van der Waals surface area contributed by atoms with Crippen LogP contribution in [0, 0.1) is 0 Å². The van der Waals surface area contributed by atoms with Crippen LogP contribution in [0.15, 0.2) is 28.4 Å². The topological polar surface area (TPSA) is 75.4 Å². The zero-order valence-corrected chi connectivity index (χ0v) is 13.1. The predicted molar refractivity (Wildman–Crippen MR) is 82.3 cm³/mol. The lowest BCUT2D eigenvalue weighted by molar-refractivity contribution is 0.0864. The van der Waals surface area contributed by atoms with Crippen molar-refractivity contribution in [1.82, 2.24) is 10.3 Å². The number of amides is 1. The van der Waals surface area contributed by atoms with Crippen molar-refractivity contribution in [2.75, 3.05) is 6.61 Å². The molecule has 0 radical (unpaired) electrons. The van der Waals surface area contributed by atoms with Crippen LogP contribution >= 0.6 is 11.3 Å². The number of carbonyl (C=O) groups is 1. The lowest BCUT2D eigenvalue weighted by Gasteiger charge is -2.32. The minimum atomic E-state index is -0.370. The normalized spacial score (nSPS) is 11.6. The fraction of sp³-hybridized carbons (Fsp3) is 0.467. The summed E-state index contributed by atoms with van der Waals surface area (Å²) in [6.45, 7) is 4.08. The zero-order valence-electron chi connectivity index (χ0n) is 12.3. The number of hydrogen-bond donors (Lipinski definition) is 2. The van der Waals surface area contributed by atoms with Gasteiger partial charge in [-0.25, -0.2) is 4.98 Å². The molecule has 2 aromatic rings. The number of hydrogen-bond acceptors (Lipinski definition) is 5. The summed E-state index contributed by atoms with van der Waals surface area (Å²) >= 11 is 1.41. The Labute approximate surface area is 128 Å². The second-order valence-corrected chi connectivity index (χ2v) is 5.82. The molecule has 0 saturated heterocycles. The molecule has 2 aromatic heterocycles. The predicted octanol–water partition coefficient (Wildman–Crippen LogP) is 3.07. The van der Waals surface area contributed by atoms with Crippen LogP contribution in [0.2, 0.25) is 0 Å². The Kier molecular flexibility index (Phi) is 5.14. The Bertz CT molecular complexity index is 574. The van der Waals surface area contributed by atoms with E-state index in [1.165, 1.54) is 11.3 Å². The monoisotopic (exact) mass is 308 g/mol. The molecule has 0 saturated carbocycles. The maximum absolute atomic E-state index is 12.4. The van der Waals surface area contributed by atoms with Gasteiger partial charge in [-0.2, -0.15) is 0 Å². The summed E-state index contributed by atoms with van der Waals surface area (Å²) in [5, 5.41) is 14.7. The highest BCUT2D eigenvalue weighted by Crippen LogP contribution is 2.25. The fourth-order valence-corrected chi connectivity index (χ4v) is 3.04. The van der Waals surface area contributed by atoms with Crippen molar-refractivity contribution in [1.29, 1.82) is 0 Å². The van der Waals surface area contributed by atoms with Gasteiger partial charge >= 0.3 is 0 Å². The van der Waals surface area contributed by atoms with E-state index in [1.807, 2.05) is 19.9 Å². The number of thiazole rings is 1. The van der Waals surface area contributed by atoms with Crippen molar-refractivity contribution in [2.45, 2.75) is 38.6 Å². The smallest absolute Gasteiger partial charge is 0.271 e. The average Bonchev–Trinajstić information content (AvgIpc) is 3.16. The van der Waals surface area contributed by atoms with E-state index in [-0.39, 0.29) is 18.1 Å². The number of aliphatic hydroxyl groups excluding tert-OH is 1. The second kappa shape index (κ2) is 6.87. The molecule has 0 atom stereocenters. The van der Waals surface area contributed by atoms with Gasteiger partial charge in [0, 0.05) is 23.1 Å². The Morgan fingerprint density at radius 2 is 2.24 bits per heavy atom. The van der Waals surface area contributed by atoms with Gasteiger partial charge in [-0.05, 0) is 25.3 Å². The first-order valence-electron chi connectivity index (χ1n) is 7.05. The summed E-state index contributed by atoms with van der Waals surface area (Å²) in [7, 11) is 0. The summed E-state index contributed by atoms with van der Waals surface area (Å²) in [4.78, 5) is 16.7. The van der Waals surface area contributed by atoms with Crippen molar-refractivity contribution < 1.29 is 14.3 Å². The second-order valence-electron chi connectivity index (χ2n) is 4.97. The van der Waals surface area contributed by atoms with Crippen LogP contribution in [0.25, 0.3) is 10.6 Å². The first-order chi connectivity index (χ1) is 10.1. The number of rotatable bonds is 7. The Balaban J connectivity index is 2.13. The maximum atomic E-state index is 12.4. The first-order valence-corrected chi connectivity index (χ1v) is 7.93. The van der Waals surface area contributed by atoms with Crippen LogP contribution in [0.3, 0.4) is 0 Å². The van der Waals surface area contributed by atoms with Gasteiger partial charge in [0.2, 0.25) is 0 Å². The van der Waals surface area contributed by atoms with Gasteiger partial charge in [-0.15, -0.1) is 11.3 Å². The first kappa shape index (κ1) is 15.7. The third-order valence-corrected chi connectivity index (χ3v) is 4.72. The molecule has 2 N–H and O–H groups in total. The third kappa shape index (κ3) is 3.51. The summed E-state index contributed by atoms with van der Waals surface area (Å²) in [6.07, 6.45) is 5.28. The third-order valence-electron chi connectivity index (χ3n) is 3.83. The van der Waals surface area contributed by atoms with Crippen LogP contribution < -0.4 is 5.32 Å². The van der Waals surface area contributed by atoms with E-state index in [2.05, 4.69) is 10.3 Å².